The fourth-order valence-corrected chi connectivity index (χ4v) is 3.04. The molecule has 3 nitrogen and oxygen atoms in total. The number of hydrogen-bond acceptors (Lipinski definition) is 3. The third-order valence-electron chi connectivity index (χ3n) is 4.50. The van der Waals surface area contributed by atoms with Gasteiger partial charge in [0.2, 0.25) is 0 Å². The monoisotopic (exact) mass is 380 g/mol. The molecule has 1 rings (SSSR count). The zero-order chi connectivity index (χ0) is 20.2. The van der Waals surface area contributed by atoms with E-state index in [0.717, 1.165) is 0 Å². The third kappa shape index (κ3) is 6.69. The van der Waals surface area contributed by atoms with Crippen LogP contribution >= 0.6 is 0 Å². The Balaban J connectivity index is 2.73. The molecule has 26 heavy (non-hydrogen) atoms. The number of benzene rings is 1. The number of carbonyl (C=O) groups is 1. The van der Waals surface area contributed by atoms with E-state index < -0.39 is 25.7 Å². The van der Waals surface area contributed by atoms with Gasteiger partial charge in [0.15, 0.2) is 8.32 Å². The van der Waals surface area contributed by atoms with Crippen molar-refractivity contribution in [3.63, 3.8) is 0 Å². The van der Waals surface area contributed by atoms with Gasteiger partial charge in [-0.1, -0.05) is 45.1 Å². The molecule has 0 spiro atoms. The van der Waals surface area contributed by atoms with Crippen LogP contribution < -0.4 is 0 Å². The standard InChI is InChI=1S/C21H33FO3Si/c1-20(2,3)25-19(23)17-14-11-13-16(18(17)22)12-9-10-15-24-26(7,8)21(4,5)6/h9,11-14H,10,15H2,1-8H3. The number of halogens is 1. The first-order chi connectivity index (χ1) is 11.7. The van der Waals surface area contributed by atoms with Gasteiger partial charge in [0, 0.05) is 12.2 Å². The maximum absolute atomic E-state index is 14.6. The lowest BCUT2D eigenvalue weighted by Gasteiger charge is -2.36. The molecule has 0 N–H and O–H groups in total. The van der Waals surface area contributed by atoms with Crippen LogP contribution in [0.3, 0.4) is 0 Å². The molecule has 0 unspecified atom stereocenters. The van der Waals surface area contributed by atoms with E-state index in [-0.39, 0.29) is 10.6 Å². The topological polar surface area (TPSA) is 35.5 Å². The van der Waals surface area contributed by atoms with Crippen molar-refractivity contribution in [2.24, 2.45) is 0 Å². The zero-order valence-electron chi connectivity index (χ0n) is 17.4. The van der Waals surface area contributed by atoms with Crippen LogP contribution in [0, 0.1) is 5.82 Å². The van der Waals surface area contributed by atoms with E-state index in [0.29, 0.717) is 18.6 Å². The lowest BCUT2D eigenvalue weighted by molar-refractivity contribution is 0.00646. The number of hydrogen-bond donors (Lipinski definition) is 0. The summed E-state index contributed by atoms with van der Waals surface area (Å²) in [5, 5.41) is 0.171. The largest absolute Gasteiger partial charge is 0.456 e. The zero-order valence-corrected chi connectivity index (χ0v) is 18.4. The van der Waals surface area contributed by atoms with Crippen LogP contribution in [-0.4, -0.2) is 26.5 Å². The van der Waals surface area contributed by atoms with Crippen molar-refractivity contribution in [2.75, 3.05) is 6.61 Å². The fraction of sp³-hybridized carbons (Fsp3) is 0.571. The van der Waals surface area contributed by atoms with Crippen LogP contribution in [0.4, 0.5) is 4.39 Å². The van der Waals surface area contributed by atoms with Crippen LogP contribution in [0.25, 0.3) is 6.08 Å². The van der Waals surface area contributed by atoms with E-state index in [1.54, 1.807) is 39.0 Å². The third-order valence-corrected chi connectivity index (χ3v) is 9.04. The minimum absolute atomic E-state index is 0.0420. The van der Waals surface area contributed by atoms with Gasteiger partial charge in [0.05, 0.1) is 5.56 Å². The summed E-state index contributed by atoms with van der Waals surface area (Å²) < 4.78 is 25.9. The summed E-state index contributed by atoms with van der Waals surface area (Å²) in [6.07, 6.45) is 4.27. The van der Waals surface area contributed by atoms with Gasteiger partial charge < -0.3 is 9.16 Å². The Morgan fingerprint density at radius 1 is 1.15 bits per heavy atom. The average molecular weight is 381 g/mol. The van der Waals surface area contributed by atoms with Gasteiger partial charge in [0.25, 0.3) is 0 Å². The van der Waals surface area contributed by atoms with Crippen molar-refractivity contribution >= 4 is 20.4 Å². The van der Waals surface area contributed by atoms with Crippen LogP contribution in [0.2, 0.25) is 18.1 Å². The normalized spacial score (nSPS) is 13.3. The first kappa shape index (κ1) is 22.6. The molecule has 0 amide bonds. The quantitative estimate of drug-likeness (QED) is 0.334. The fourth-order valence-electron chi connectivity index (χ4n) is 1.98. The summed E-state index contributed by atoms with van der Waals surface area (Å²) in [5.41, 5.74) is -0.323. The molecule has 0 radical (unpaired) electrons. The first-order valence-corrected chi connectivity index (χ1v) is 12.0. The number of esters is 1. The Kier molecular flexibility index (Phi) is 7.37. The predicted molar refractivity (Wildman–Crippen MR) is 108 cm³/mol. The van der Waals surface area contributed by atoms with Gasteiger partial charge >= 0.3 is 5.97 Å². The molecule has 1 aromatic carbocycles. The molecule has 1 aromatic rings. The van der Waals surface area contributed by atoms with Crippen molar-refractivity contribution < 1.29 is 18.3 Å². The highest BCUT2D eigenvalue weighted by Crippen LogP contribution is 2.36. The molecule has 5 heteroatoms. The van der Waals surface area contributed by atoms with E-state index in [2.05, 4.69) is 33.9 Å². The minimum Gasteiger partial charge on any atom is -0.456 e. The van der Waals surface area contributed by atoms with E-state index >= 15 is 0 Å². The Morgan fingerprint density at radius 3 is 2.31 bits per heavy atom. The van der Waals surface area contributed by atoms with E-state index in [4.69, 9.17) is 9.16 Å². The minimum atomic E-state index is -1.76. The summed E-state index contributed by atoms with van der Waals surface area (Å²) in [5.74, 6) is -1.20. The van der Waals surface area contributed by atoms with Crippen molar-refractivity contribution in [2.45, 2.75) is 71.7 Å². The van der Waals surface area contributed by atoms with Gasteiger partial charge in [-0.2, -0.15) is 0 Å². The Labute approximate surface area is 158 Å². The summed E-state index contributed by atoms with van der Waals surface area (Å²) in [7, 11) is -1.76. The highest BCUT2D eigenvalue weighted by Gasteiger charge is 2.36. The van der Waals surface area contributed by atoms with Crippen molar-refractivity contribution in [1.82, 2.24) is 0 Å². The van der Waals surface area contributed by atoms with Gasteiger partial charge in [-0.3, -0.25) is 0 Å². The molecular formula is C21H33FO3Si. The Bertz CT molecular complexity index is 652. The second kappa shape index (κ2) is 8.48. The van der Waals surface area contributed by atoms with Crippen molar-refractivity contribution in [1.29, 1.82) is 0 Å². The number of rotatable bonds is 6. The van der Waals surface area contributed by atoms with Crippen LogP contribution in [0.15, 0.2) is 24.3 Å². The number of carbonyl (C=O) groups excluding carboxylic acids is 1. The molecule has 0 saturated heterocycles. The van der Waals surface area contributed by atoms with E-state index in [1.807, 2.05) is 6.08 Å². The molecule has 0 heterocycles. The maximum Gasteiger partial charge on any atom is 0.341 e. The molecule has 146 valence electrons. The van der Waals surface area contributed by atoms with Gasteiger partial charge in [-0.25, -0.2) is 9.18 Å². The molecule has 0 atom stereocenters. The molecule has 0 aromatic heterocycles. The molecule has 0 aliphatic heterocycles. The lowest BCUT2D eigenvalue weighted by Crippen LogP contribution is -2.40. The van der Waals surface area contributed by atoms with Crippen LogP contribution in [0.1, 0.15) is 63.9 Å². The molecule has 0 bridgehead atoms. The summed E-state index contributed by atoms with van der Waals surface area (Å²) in [6, 6.07) is 4.75. The van der Waals surface area contributed by atoms with E-state index in [1.165, 1.54) is 6.07 Å². The Hall–Kier alpha value is -1.46. The first-order valence-electron chi connectivity index (χ1n) is 9.07. The maximum atomic E-state index is 14.6. The van der Waals surface area contributed by atoms with Crippen LogP contribution in [0.5, 0.6) is 0 Å². The summed E-state index contributed by atoms with van der Waals surface area (Å²) >= 11 is 0. The SMILES string of the molecule is CC(C)(C)OC(=O)c1cccc(C=CCCO[Si](C)(C)C(C)(C)C)c1F. The average Bonchev–Trinajstić information content (AvgIpc) is 2.45. The Morgan fingerprint density at radius 2 is 1.77 bits per heavy atom. The number of ether oxygens (including phenoxy) is 1. The van der Waals surface area contributed by atoms with Gasteiger partial charge in [-0.15, -0.1) is 0 Å². The predicted octanol–water partition coefficient (Wildman–Crippen LogP) is 6.21. The molecule has 0 aliphatic carbocycles. The van der Waals surface area contributed by atoms with Crippen LogP contribution in [-0.2, 0) is 9.16 Å². The highest BCUT2D eigenvalue weighted by molar-refractivity contribution is 6.74. The second-order valence-corrected chi connectivity index (χ2v) is 13.8. The molecule has 0 saturated carbocycles. The molecule has 0 fully saturated rings. The highest BCUT2D eigenvalue weighted by atomic mass is 28.4. The van der Waals surface area contributed by atoms with Gasteiger partial charge in [-0.05, 0) is 51.4 Å². The van der Waals surface area contributed by atoms with Gasteiger partial charge in [0.1, 0.15) is 11.4 Å². The molecular weight excluding hydrogens is 347 g/mol. The summed E-state index contributed by atoms with van der Waals surface area (Å²) in [6.45, 7) is 16.9. The summed E-state index contributed by atoms with van der Waals surface area (Å²) in [4.78, 5) is 12.1. The second-order valence-electron chi connectivity index (χ2n) is 9.01. The van der Waals surface area contributed by atoms with Crippen molar-refractivity contribution in [3.8, 4) is 0 Å². The smallest absolute Gasteiger partial charge is 0.341 e. The van der Waals surface area contributed by atoms with Crippen molar-refractivity contribution in [3.05, 3.63) is 41.2 Å². The van der Waals surface area contributed by atoms with E-state index in [9.17, 15) is 9.18 Å². The lowest BCUT2D eigenvalue weighted by atomic mass is 10.1. The molecule has 0 aliphatic rings.